The molecule has 0 aliphatic heterocycles. The minimum absolute atomic E-state index is 0.00506. The summed E-state index contributed by atoms with van der Waals surface area (Å²) in [6.45, 7) is 9.61. The Bertz CT molecular complexity index is 1030. The van der Waals surface area contributed by atoms with Crippen LogP contribution in [0.2, 0.25) is 5.02 Å². The van der Waals surface area contributed by atoms with E-state index in [4.69, 9.17) is 16.3 Å². The number of halogens is 1. The topological polar surface area (TPSA) is 110 Å². The molecule has 1 unspecified atom stereocenters. The molecule has 1 aromatic carbocycles. The highest BCUT2D eigenvalue weighted by Gasteiger charge is 2.72. The summed E-state index contributed by atoms with van der Waals surface area (Å²) >= 11 is 5.94. The fourth-order valence-electron chi connectivity index (χ4n) is 7.25. The lowest BCUT2D eigenvalue weighted by Crippen LogP contribution is -2.68. The van der Waals surface area contributed by atoms with E-state index in [1.165, 1.54) is 4.90 Å². The van der Waals surface area contributed by atoms with Gasteiger partial charge >= 0.3 is 6.09 Å². The molecule has 1 amide bonds. The molecule has 2 fully saturated rings. The number of benzene rings is 1. The zero-order valence-electron chi connectivity index (χ0n) is 22.0. The van der Waals surface area contributed by atoms with Gasteiger partial charge in [-0.15, -0.1) is 0 Å². The number of hydrogen-bond acceptors (Lipinski definition) is 6. The van der Waals surface area contributed by atoms with Gasteiger partial charge in [-0.1, -0.05) is 52.3 Å². The number of carbonyl (C=O) groups is 1. The number of rotatable bonds is 5. The number of carbonyl (C=O) groups excluding carboxylic acids is 1. The zero-order chi connectivity index (χ0) is 26.8. The molecule has 9 atom stereocenters. The SMILES string of the molecule is CC[C@H](O)[C@@]1(O)[C@H](O)C(COC(=O)N(C)c2ccc(Cl)cc2)=C[C@@H]2C(O)[C@]1(C)[C@H](C)C[C@@H]1[C@H]2C1(C)C. The van der Waals surface area contributed by atoms with Gasteiger partial charge in [-0.3, -0.25) is 4.90 Å². The Hall–Kier alpha value is -1.64. The average molecular weight is 522 g/mol. The molecule has 0 saturated heterocycles. The standard InChI is InChI=1S/C28H40ClNO6/c1-7-21(31)28(35)23(32)16(14-36-25(34)30(6)18-10-8-17(29)9-11-18)13-19-22-20(26(22,3)4)12-15(2)27(28,5)24(19)33/h8-11,13,15,19-24,31-33,35H,7,12,14H2,1-6H3/t15-,19+,20-,21+,22+,23-,24?,27+,28-/m1/s1. The van der Waals surface area contributed by atoms with Crippen molar-refractivity contribution in [1.29, 1.82) is 0 Å². The van der Waals surface area contributed by atoms with Crippen LogP contribution in [-0.4, -0.2) is 64.1 Å². The summed E-state index contributed by atoms with van der Waals surface area (Å²) in [4.78, 5) is 14.2. The van der Waals surface area contributed by atoms with Crippen molar-refractivity contribution in [2.75, 3.05) is 18.6 Å². The molecule has 1 aromatic rings. The van der Waals surface area contributed by atoms with Crippen LogP contribution in [0.25, 0.3) is 0 Å². The maximum Gasteiger partial charge on any atom is 0.414 e. The number of fused-ring (bicyclic) bond motifs is 4. The Balaban J connectivity index is 1.69. The molecule has 0 radical (unpaired) electrons. The quantitative estimate of drug-likeness (QED) is 0.436. The minimum atomic E-state index is -2.03. The van der Waals surface area contributed by atoms with Crippen LogP contribution >= 0.6 is 11.6 Å². The third kappa shape index (κ3) is 3.90. The fourth-order valence-corrected chi connectivity index (χ4v) is 7.37. The van der Waals surface area contributed by atoms with Crippen molar-refractivity contribution in [3.05, 3.63) is 40.9 Å². The van der Waals surface area contributed by atoms with E-state index >= 15 is 0 Å². The summed E-state index contributed by atoms with van der Waals surface area (Å²) in [5.74, 6) is -0.00907. The van der Waals surface area contributed by atoms with Crippen molar-refractivity contribution in [3.8, 4) is 0 Å². The highest BCUT2D eigenvalue weighted by Crippen LogP contribution is 2.71. The van der Waals surface area contributed by atoms with E-state index in [1.54, 1.807) is 51.2 Å². The Labute approximate surface area is 218 Å². The third-order valence-electron chi connectivity index (χ3n) is 9.95. The number of anilines is 1. The monoisotopic (exact) mass is 521 g/mol. The Morgan fingerprint density at radius 1 is 1.22 bits per heavy atom. The number of aliphatic hydroxyl groups is 4. The number of ether oxygens (including phenoxy) is 1. The Morgan fingerprint density at radius 2 is 1.83 bits per heavy atom. The van der Waals surface area contributed by atoms with Crippen LogP contribution in [-0.2, 0) is 4.74 Å². The molecule has 200 valence electrons. The van der Waals surface area contributed by atoms with Crippen LogP contribution in [0.15, 0.2) is 35.9 Å². The van der Waals surface area contributed by atoms with Crippen LogP contribution in [0.5, 0.6) is 0 Å². The van der Waals surface area contributed by atoms with Gasteiger partial charge in [0, 0.05) is 29.1 Å². The summed E-state index contributed by atoms with van der Waals surface area (Å²) in [5.41, 5.74) is -2.32. The van der Waals surface area contributed by atoms with Gasteiger partial charge < -0.3 is 25.2 Å². The summed E-state index contributed by atoms with van der Waals surface area (Å²) < 4.78 is 5.59. The molecule has 0 aromatic heterocycles. The molecule has 3 aliphatic rings. The number of hydrogen-bond donors (Lipinski definition) is 4. The molecule has 0 spiro atoms. The first kappa shape index (κ1) is 27.4. The van der Waals surface area contributed by atoms with Gasteiger partial charge in [0.25, 0.3) is 0 Å². The van der Waals surface area contributed by atoms with E-state index in [-0.39, 0.29) is 36.2 Å². The molecule has 2 saturated carbocycles. The maximum atomic E-state index is 12.9. The lowest BCUT2D eigenvalue weighted by atomic mass is 9.56. The van der Waals surface area contributed by atoms with E-state index in [9.17, 15) is 25.2 Å². The van der Waals surface area contributed by atoms with Crippen molar-refractivity contribution in [3.63, 3.8) is 0 Å². The molecule has 4 N–H and O–H groups in total. The fraction of sp³-hybridized carbons (Fsp3) is 0.679. The van der Waals surface area contributed by atoms with Crippen LogP contribution < -0.4 is 4.90 Å². The molecule has 0 heterocycles. The van der Waals surface area contributed by atoms with Crippen LogP contribution in [0.4, 0.5) is 10.5 Å². The third-order valence-corrected chi connectivity index (χ3v) is 10.2. The smallest absolute Gasteiger partial charge is 0.414 e. The Morgan fingerprint density at radius 3 is 2.42 bits per heavy atom. The first-order valence-electron chi connectivity index (χ1n) is 12.9. The van der Waals surface area contributed by atoms with Crippen molar-refractivity contribution in [2.24, 2.45) is 34.5 Å². The van der Waals surface area contributed by atoms with Crippen LogP contribution in [0.3, 0.4) is 0 Å². The minimum Gasteiger partial charge on any atom is -0.445 e. The second kappa shape index (κ2) is 9.28. The van der Waals surface area contributed by atoms with E-state index in [0.29, 0.717) is 22.2 Å². The molecule has 3 aliphatic carbocycles. The van der Waals surface area contributed by atoms with E-state index in [2.05, 4.69) is 13.8 Å². The van der Waals surface area contributed by atoms with Gasteiger partial charge in [0.2, 0.25) is 0 Å². The number of amides is 1. The highest BCUT2D eigenvalue weighted by atomic mass is 35.5. The summed E-state index contributed by atoms with van der Waals surface area (Å²) in [6.07, 6.45) is -1.66. The van der Waals surface area contributed by atoms with Crippen LogP contribution in [0.1, 0.15) is 47.5 Å². The molecule has 4 rings (SSSR count). The van der Waals surface area contributed by atoms with Crippen molar-refractivity contribution in [2.45, 2.75) is 71.4 Å². The highest BCUT2D eigenvalue weighted by molar-refractivity contribution is 6.30. The van der Waals surface area contributed by atoms with Gasteiger partial charge in [0.15, 0.2) is 0 Å². The maximum absolute atomic E-state index is 12.9. The predicted molar refractivity (Wildman–Crippen MR) is 139 cm³/mol. The normalized spacial score (nSPS) is 39.7. The first-order chi connectivity index (χ1) is 16.7. The summed E-state index contributed by atoms with van der Waals surface area (Å²) in [7, 11) is 1.57. The van der Waals surface area contributed by atoms with Crippen molar-refractivity contribution >= 4 is 23.4 Å². The lowest BCUT2D eigenvalue weighted by Gasteiger charge is -2.55. The van der Waals surface area contributed by atoms with Gasteiger partial charge in [-0.2, -0.15) is 0 Å². The number of aliphatic hydroxyl groups excluding tert-OH is 3. The summed E-state index contributed by atoms with van der Waals surface area (Å²) in [5, 5.41) is 47.2. The van der Waals surface area contributed by atoms with Crippen molar-refractivity contribution in [1.82, 2.24) is 0 Å². The van der Waals surface area contributed by atoms with Gasteiger partial charge in [-0.05, 0) is 65.8 Å². The molecule has 8 heteroatoms. The second-order valence-electron chi connectivity index (χ2n) is 11.9. The van der Waals surface area contributed by atoms with Gasteiger partial charge in [-0.25, -0.2) is 4.79 Å². The molecule has 36 heavy (non-hydrogen) atoms. The molecule has 7 nitrogen and oxygen atoms in total. The molecular weight excluding hydrogens is 482 g/mol. The van der Waals surface area contributed by atoms with E-state index in [0.717, 1.165) is 6.42 Å². The second-order valence-corrected chi connectivity index (χ2v) is 12.3. The molecular formula is C28H40ClNO6. The number of nitrogens with zero attached hydrogens (tertiary/aromatic N) is 1. The van der Waals surface area contributed by atoms with Gasteiger partial charge in [0.1, 0.15) is 18.3 Å². The van der Waals surface area contributed by atoms with Crippen molar-refractivity contribution < 1.29 is 30.0 Å². The van der Waals surface area contributed by atoms with Gasteiger partial charge in [0.05, 0.1) is 12.2 Å². The molecule has 2 bridgehead atoms. The average Bonchev–Trinajstić information content (AvgIpc) is 3.42. The predicted octanol–water partition coefficient (Wildman–Crippen LogP) is 4.01. The summed E-state index contributed by atoms with van der Waals surface area (Å²) in [6, 6.07) is 6.73. The van der Waals surface area contributed by atoms with E-state index in [1.807, 2.05) is 6.92 Å². The van der Waals surface area contributed by atoms with E-state index < -0.39 is 35.4 Å². The van der Waals surface area contributed by atoms with Crippen LogP contribution in [0, 0.1) is 34.5 Å². The lowest BCUT2D eigenvalue weighted by molar-refractivity contribution is -0.247. The zero-order valence-corrected chi connectivity index (χ0v) is 22.7. The Kier molecular flexibility index (Phi) is 7.06. The largest absolute Gasteiger partial charge is 0.445 e. The first-order valence-corrected chi connectivity index (χ1v) is 13.2.